The van der Waals surface area contributed by atoms with E-state index < -0.39 is 23.6 Å². The maximum Gasteiger partial charge on any atom is 0.416 e. The normalized spacial score (nSPS) is 17.8. The molecule has 5 heteroatoms. The summed E-state index contributed by atoms with van der Waals surface area (Å²) < 4.78 is 51.8. The molecule has 1 saturated carbocycles. The van der Waals surface area contributed by atoms with Crippen molar-refractivity contribution in [2.75, 3.05) is 7.05 Å². The molecule has 1 fully saturated rings. The molecule has 0 aromatic heterocycles. The number of halogens is 4. The van der Waals surface area contributed by atoms with Crippen LogP contribution in [-0.2, 0) is 6.18 Å². The highest BCUT2D eigenvalue weighted by atomic mass is 19.4. The molecule has 2 rings (SSSR count). The zero-order valence-corrected chi connectivity index (χ0v) is 10.0. The Labute approximate surface area is 103 Å². The Morgan fingerprint density at radius 1 is 1.33 bits per heavy atom. The van der Waals surface area contributed by atoms with Gasteiger partial charge in [-0.3, -0.25) is 0 Å². The molecule has 1 aliphatic carbocycles. The summed E-state index contributed by atoms with van der Waals surface area (Å²) in [6, 6.07) is 2.23. The van der Waals surface area contributed by atoms with Gasteiger partial charge >= 0.3 is 6.18 Å². The van der Waals surface area contributed by atoms with Gasteiger partial charge in [0.25, 0.3) is 0 Å². The second-order valence-corrected chi connectivity index (χ2v) is 4.75. The molecule has 100 valence electrons. The van der Waals surface area contributed by atoms with E-state index >= 15 is 0 Å². The zero-order chi connectivity index (χ0) is 13.3. The molecule has 0 radical (unpaired) electrons. The lowest BCUT2D eigenvalue weighted by molar-refractivity contribution is -0.138. The highest BCUT2D eigenvalue weighted by Gasteiger charge is 2.36. The molecule has 0 amide bonds. The van der Waals surface area contributed by atoms with Gasteiger partial charge in [0.15, 0.2) is 0 Å². The van der Waals surface area contributed by atoms with Crippen molar-refractivity contribution in [1.82, 2.24) is 5.32 Å². The van der Waals surface area contributed by atoms with Crippen LogP contribution in [0.3, 0.4) is 0 Å². The Morgan fingerprint density at radius 3 is 2.50 bits per heavy atom. The van der Waals surface area contributed by atoms with Gasteiger partial charge in [-0.05, 0) is 43.1 Å². The molecule has 0 heterocycles. The van der Waals surface area contributed by atoms with Crippen molar-refractivity contribution in [3.63, 3.8) is 0 Å². The van der Waals surface area contributed by atoms with Crippen LogP contribution in [-0.4, -0.2) is 7.05 Å². The van der Waals surface area contributed by atoms with E-state index in [1.54, 1.807) is 7.05 Å². The molecular formula is C13H15F4N. The van der Waals surface area contributed by atoms with Crippen molar-refractivity contribution in [2.24, 2.45) is 5.92 Å². The van der Waals surface area contributed by atoms with Crippen LogP contribution >= 0.6 is 0 Å². The summed E-state index contributed by atoms with van der Waals surface area (Å²) in [5, 5.41) is 2.86. The Morgan fingerprint density at radius 2 is 2.00 bits per heavy atom. The van der Waals surface area contributed by atoms with E-state index in [1.807, 2.05) is 0 Å². The van der Waals surface area contributed by atoms with Crippen molar-refractivity contribution >= 4 is 0 Å². The third kappa shape index (κ3) is 3.02. The molecule has 1 atom stereocenters. The third-order valence-electron chi connectivity index (χ3n) is 3.31. The summed E-state index contributed by atoms with van der Waals surface area (Å²) in [5.74, 6) is -0.166. The van der Waals surface area contributed by atoms with Gasteiger partial charge in [0.05, 0.1) is 5.56 Å². The van der Waals surface area contributed by atoms with Crippen LogP contribution in [0.1, 0.15) is 36.4 Å². The number of hydrogen-bond donors (Lipinski definition) is 1. The summed E-state index contributed by atoms with van der Waals surface area (Å²) in [6.07, 6.45) is -1.71. The molecule has 1 nitrogen and oxygen atoms in total. The van der Waals surface area contributed by atoms with Crippen LogP contribution in [0.5, 0.6) is 0 Å². The SMILES string of the molecule is CNC(CC1CC1)c1cc(F)ccc1C(F)(F)F. The molecule has 1 unspecified atom stereocenters. The van der Waals surface area contributed by atoms with E-state index in [1.165, 1.54) is 0 Å². The molecule has 1 aromatic rings. The first-order valence-electron chi connectivity index (χ1n) is 5.95. The molecule has 0 saturated heterocycles. The Kier molecular flexibility index (Phi) is 3.61. The lowest BCUT2D eigenvalue weighted by atomic mass is 9.95. The molecule has 0 bridgehead atoms. The average molecular weight is 261 g/mol. The highest BCUT2D eigenvalue weighted by Crippen LogP contribution is 2.41. The highest BCUT2D eigenvalue weighted by molar-refractivity contribution is 5.33. The second kappa shape index (κ2) is 4.88. The fourth-order valence-electron chi connectivity index (χ4n) is 2.17. The summed E-state index contributed by atoms with van der Waals surface area (Å²) in [4.78, 5) is 0. The van der Waals surface area contributed by atoms with E-state index in [-0.39, 0.29) is 5.56 Å². The van der Waals surface area contributed by atoms with E-state index in [4.69, 9.17) is 0 Å². The van der Waals surface area contributed by atoms with Gasteiger partial charge in [0, 0.05) is 6.04 Å². The van der Waals surface area contributed by atoms with Gasteiger partial charge in [-0.1, -0.05) is 12.8 Å². The molecular weight excluding hydrogens is 246 g/mol. The van der Waals surface area contributed by atoms with Crippen LogP contribution in [0.15, 0.2) is 18.2 Å². The van der Waals surface area contributed by atoms with Crippen molar-refractivity contribution in [3.05, 3.63) is 35.1 Å². The first-order chi connectivity index (χ1) is 8.41. The molecule has 18 heavy (non-hydrogen) atoms. The van der Waals surface area contributed by atoms with Gasteiger partial charge in [-0.2, -0.15) is 13.2 Å². The van der Waals surface area contributed by atoms with E-state index in [9.17, 15) is 17.6 Å². The quantitative estimate of drug-likeness (QED) is 0.810. The molecule has 1 aliphatic rings. The van der Waals surface area contributed by atoms with Crippen molar-refractivity contribution in [3.8, 4) is 0 Å². The Balaban J connectivity index is 2.35. The summed E-state index contributed by atoms with van der Waals surface area (Å²) in [7, 11) is 1.61. The average Bonchev–Trinajstić information content (AvgIpc) is 3.07. The predicted octanol–water partition coefficient (Wildman–Crippen LogP) is 3.91. The Bertz CT molecular complexity index is 423. The van der Waals surface area contributed by atoms with Gasteiger partial charge in [0.2, 0.25) is 0 Å². The summed E-state index contributed by atoms with van der Waals surface area (Å²) >= 11 is 0. The standard InChI is InChI=1S/C13H15F4N/c1-18-12(6-8-2-3-8)10-7-9(14)4-5-11(10)13(15,16)17/h4-5,7-8,12,18H,2-3,6H2,1H3. The number of benzene rings is 1. The third-order valence-corrected chi connectivity index (χ3v) is 3.31. The van der Waals surface area contributed by atoms with Crippen LogP contribution in [0, 0.1) is 11.7 Å². The minimum Gasteiger partial charge on any atom is -0.313 e. The van der Waals surface area contributed by atoms with Crippen LogP contribution < -0.4 is 5.32 Å². The zero-order valence-electron chi connectivity index (χ0n) is 10.0. The fourth-order valence-corrected chi connectivity index (χ4v) is 2.17. The minimum absolute atomic E-state index is 0.0110. The van der Waals surface area contributed by atoms with Crippen molar-refractivity contribution in [1.29, 1.82) is 0 Å². The van der Waals surface area contributed by atoms with Crippen LogP contribution in [0.4, 0.5) is 17.6 Å². The van der Waals surface area contributed by atoms with Crippen LogP contribution in [0.25, 0.3) is 0 Å². The number of alkyl halides is 3. The molecule has 0 aliphatic heterocycles. The molecule has 1 N–H and O–H groups in total. The largest absolute Gasteiger partial charge is 0.416 e. The fraction of sp³-hybridized carbons (Fsp3) is 0.538. The van der Waals surface area contributed by atoms with Gasteiger partial charge < -0.3 is 5.32 Å². The monoisotopic (exact) mass is 261 g/mol. The number of hydrogen-bond acceptors (Lipinski definition) is 1. The first-order valence-corrected chi connectivity index (χ1v) is 5.95. The van der Waals surface area contributed by atoms with Gasteiger partial charge in [-0.15, -0.1) is 0 Å². The van der Waals surface area contributed by atoms with Gasteiger partial charge in [0.1, 0.15) is 5.82 Å². The van der Waals surface area contributed by atoms with E-state index in [2.05, 4.69) is 5.32 Å². The van der Waals surface area contributed by atoms with E-state index in [0.717, 1.165) is 31.0 Å². The Hall–Kier alpha value is -1.10. The predicted molar refractivity (Wildman–Crippen MR) is 60.5 cm³/mol. The second-order valence-electron chi connectivity index (χ2n) is 4.75. The number of rotatable bonds is 4. The minimum atomic E-state index is -4.44. The maximum absolute atomic E-state index is 13.2. The number of nitrogens with one attached hydrogen (secondary N) is 1. The van der Waals surface area contributed by atoms with Crippen LogP contribution in [0.2, 0.25) is 0 Å². The molecule has 1 aromatic carbocycles. The lowest BCUT2D eigenvalue weighted by Gasteiger charge is -2.21. The molecule has 0 spiro atoms. The summed E-state index contributed by atoms with van der Waals surface area (Å²) in [5.41, 5.74) is -0.735. The smallest absolute Gasteiger partial charge is 0.313 e. The maximum atomic E-state index is 13.2. The van der Waals surface area contributed by atoms with Gasteiger partial charge in [-0.25, -0.2) is 4.39 Å². The van der Waals surface area contributed by atoms with E-state index in [0.29, 0.717) is 12.3 Å². The van der Waals surface area contributed by atoms with Crippen molar-refractivity contribution < 1.29 is 17.6 Å². The summed E-state index contributed by atoms with van der Waals surface area (Å²) in [6.45, 7) is 0. The lowest BCUT2D eigenvalue weighted by Crippen LogP contribution is -2.21. The van der Waals surface area contributed by atoms with Crippen molar-refractivity contribution in [2.45, 2.75) is 31.5 Å². The topological polar surface area (TPSA) is 12.0 Å². The first kappa shape index (κ1) is 13.3.